The summed E-state index contributed by atoms with van der Waals surface area (Å²) in [6, 6.07) is 33.3. The van der Waals surface area contributed by atoms with Crippen molar-refractivity contribution < 1.29 is 0 Å². The summed E-state index contributed by atoms with van der Waals surface area (Å²) in [6.45, 7) is 4.73. The molecule has 0 bridgehead atoms. The molecule has 23 heavy (non-hydrogen) atoms. The van der Waals surface area contributed by atoms with E-state index in [1.54, 1.807) is 0 Å². The maximum Gasteiger partial charge on any atom is 0.114 e. The summed E-state index contributed by atoms with van der Waals surface area (Å²) in [5.41, 5.74) is 0.606. The molecule has 0 aliphatic carbocycles. The molecule has 1 heteroatoms. The van der Waals surface area contributed by atoms with Gasteiger partial charge in [-0.3, -0.25) is 0 Å². The molecule has 0 aromatic heterocycles. The minimum absolute atomic E-state index is 0.606. The van der Waals surface area contributed by atoms with Crippen molar-refractivity contribution in [3.63, 3.8) is 0 Å². The molecule has 3 aromatic carbocycles. The van der Waals surface area contributed by atoms with E-state index in [0.717, 1.165) is 0 Å². The average Bonchev–Trinajstić information content (AvgIpc) is 2.65. The van der Waals surface area contributed by atoms with Gasteiger partial charge in [0.2, 0.25) is 0 Å². The topological polar surface area (TPSA) is 0 Å². The van der Waals surface area contributed by atoms with Gasteiger partial charge < -0.3 is 0 Å². The smallest absolute Gasteiger partial charge is 0.0620 e. The van der Waals surface area contributed by atoms with Crippen LogP contribution in [0.15, 0.2) is 91.0 Å². The second-order valence-corrected chi connectivity index (χ2v) is 9.86. The van der Waals surface area contributed by atoms with Crippen LogP contribution in [0.2, 0.25) is 0 Å². The molecule has 0 amide bonds. The fourth-order valence-corrected chi connectivity index (χ4v) is 8.37. The quantitative estimate of drug-likeness (QED) is 0.594. The third kappa shape index (κ3) is 2.84. The second-order valence-electron chi connectivity index (χ2n) is 5.99. The fraction of sp³-hybridized carbons (Fsp3) is 0.182. The van der Waals surface area contributed by atoms with Crippen molar-refractivity contribution in [2.24, 2.45) is 0 Å². The van der Waals surface area contributed by atoms with Crippen molar-refractivity contribution >= 4 is 23.2 Å². The summed E-state index contributed by atoms with van der Waals surface area (Å²) in [5, 5.41) is 4.44. The summed E-state index contributed by atoms with van der Waals surface area (Å²) in [5.74, 6) is 0. The van der Waals surface area contributed by atoms with E-state index in [0.29, 0.717) is 5.66 Å². The standard InChI is InChI=1S/C22H24P/c1-3-19(2)23(20-13-7-4-8-14-20,21-15-9-5-10-16-21)22-17-11-6-12-18-22/h4-19H,3H2,1-2H3/q+1/t19-/m0/s1. The molecule has 0 radical (unpaired) electrons. The normalized spacial score (nSPS) is 12.8. The molecule has 0 fully saturated rings. The first-order valence-electron chi connectivity index (χ1n) is 8.35. The minimum atomic E-state index is -1.64. The SMILES string of the molecule is CC[C@H](C)[P+](c1ccccc1)(c1ccccc1)c1ccccc1. The van der Waals surface area contributed by atoms with Crippen molar-refractivity contribution in [1.82, 2.24) is 0 Å². The highest BCUT2D eigenvalue weighted by molar-refractivity contribution is 7.96. The number of hydrogen-bond acceptors (Lipinski definition) is 0. The van der Waals surface area contributed by atoms with Gasteiger partial charge in [0.1, 0.15) is 23.2 Å². The molecule has 0 N–H and O–H groups in total. The van der Waals surface area contributed by atoms with E-state index in [2.05, 4.69) is 105 Å². The Morgan fingerprint density at radius 1 is 0.609 bits per heavy atom. The Balaban J connectivity index is 2.35. The monoisotopic (exact) mass is 319 g/mol. The molecular formula is C22H24P+. The van der Waals surface area contributed by atoms with Gasteiger partial charge in [0, 0.05) is 0 Å². The highest BCUT2D eigenvalue weighted by Gasteiger charge is 2.49. The lowest BCUT2D eigenvalue weighted by molar-refractivity contribution is 0.893. The molecule has 0 aliphatic rings. The van der Waals surface area contributed by atoms with Crippen LogP contribution in [0.1, 0.15) is 20.3 Å². The second kappa shape index (κ2) is 7.11. The first-order valence-corrected chi connectivity index (χ1v) is 10.2. The Hall–Kier alpha value is -1.91. The molecule has 0 nitrogen and oxygen atoms in total. The van der Waals surface area contributed by atoms with Crippen molar-refractivity contribution in [1.29, 1.82) is 0 Å². The first kappa shape index (κ1) is 16.0. The van der Waals surface area contributed by atoms with Gasteiger partial charge >= 0.3 is 0 Å². The van der Waals surface area contributed by atoms with Gasteiger partial charge in [-0.25, -0.2) is 0 Å². The van der Waals surface area contributed by atoms with E-state index in [4.69, 9.17) is 0 Å². The van der Waals surface area contributed by atoms with Gasteiger partial charge in [0.25, 0.3) is 0 Å². The van der Waals surface area contributed by atoms with Gasteiger partial charge in [-0.2, -0.15) is 0 Å². The Morgan fingerprint density at radius 2 is 0.913 bits per heavy atom. The van der Waals surface area contributed by atoms with Crippen LogP contribution in [0.5, 0.6) is 0 Å². The Morgan fingerprint density at radius 3 is 1.17 bits per heavy atom. The van der Waals surface area contributed by atoms with E-state index in [9.17, 15) is 0 Å². The number of rotatable bonds is 5. The van der Waals surface area contributed by atoms with Crippen molar-refractivity contribution in [3.8, 4) is 0 Å². The van der Waals surface area contributed by atoms with Gasteiger partial charge in [-0.05, 0) is 49.7 Å². The maximum absolute atomic E-state index is 2.42. The Bertz CT molecular complexity index is 623. The van der Waals surface area contributed by atoms with Gasteiger partial charge in [-0.1, -0.05) is 61.5 Å². The van der Waals surface area contributed by atoms with Crippen molar-refractivity contribution in [3.05, 3.63) is 91.0 Å². The highest BCUT2D eigenvalue weighted by Crippen LogP contribution is 2.60. The van der Waals surface area contributed by atoms with Crippen molar-refractivity contribution in [2.45, 2.75) is 25.9 Å². The lowest BCUT2D eigenvalue weighted by Crippen LogP contribution is -2.37. The molecule has 0 unspecified atom stereocenters. The fourth-order valence-electron chi connectivity index (χ4n) is 3.47. The average molecular weight is 319 g/mol. The van der Waals surface area contributed by atoms with Crippen LogP contribution in [-0.4, -0.2) is 5.66 Å². The van der Waals surface area contributed by atoms with Crippen molar-refractivity contribution in [2.75, 3.05) is 0 Å². The molecule has 3 rings (SSSR count). The number of hydrogen-bond donors (Lipinski definition) is 0. The zero-order valence-electron chi connectivity index (χ0n) is 13.9. The third-order valence-corrected chi connectivity index (χ3v) is 9.77. The summed E-state index contributed by atoms with van der Waals surface area (Å²) < 4.78 is 0. The molecule has 0 saturated carbocycles. The zero-order chi connectivity index (χ0) is 16.1. The van der Waals surface area contributed by atoms with Crippen LogP contribution in [0.4, 0.5) is 0 Å². The maximum atomic E-state index is 2.42. The summed E-state index contributed by atoms with van der Waals surface area (Å²) in [4.78, 5) is 0. The molecule has 116 valence electrons. The summed E-state index contributed by atoms with van der Waals surface area (Å²) in [6.07, 6.45) is 1.17. The lowest BCUT2D eigenvalue weighted by Gasteiger charge is -2.32. The Labute approximate surface area is 140 Å². The van der Waals surface area contributed by atoms with Crippen LogP contribution < -0.4 is 15.9 Å². The Kier molecular flexibility index (Phi) is 4.94. The predicted octanol–water partition coefficient (Wildman–Crippen LogP) is 4.78. The van der Waals surface area contributed by atoms with Crippen LogP contribution >= 0.6 is 7.26 Å². The minimum Gasteiger partial charge on any atom is -0.0620 e. The van der Waals surface area contributed by atoms with E-state index in [-0.39, 0.29) is 0 Å². The predicted molar refractivity (Wildman–Crippen MR) is 105 cm³/mol. The summed E-state index contributed by atoms with van der Waals surface area (Å²) >= 11 is 0. The lowest BCUT2D eigenvalue weighted by atomic mass is 10.3. The van der Waals surface area contributed by atoms with Gasteiger partial charge in [-0.15, -0.1) is 0 Å². The van der Waals surface area contributed by atoms with E-state index in [1.807, 2.05) is 0 Å². The highest BCUT2D eigenvalue weighted by atomic mass is 31.2. The third-order valence-electron chi connectivity index (χ3n) is 4.74. The molecule has 3 aromatic rings. The summed E-state index contributed by atoms with van der Waals surface area (Å²) in [7, 11) is -1.64. The van der Waals surface area contributed by atoms with Gasteiger partial charge in [0.05, 0.1) is 5.66 Å². The molecule has 0 spiro atoms. The van der Waals surface area contributed by atoms with Crippen LogP contribution in [0.3, 0.4) is 0 Å². The molecule has 0 saturated heterocycles. The largest absolute Gasteiger partial charge is 0.114 e. The molecule has 0 heterocycles. The number of benzene rings is 3. The zero-order valence-corrected chi connectivity index (χ0v) is 14.8. The van der Waals surface area contributed by atoms with Crippen LogP contribution in [0.25, 0.3) is 0 Å². The molecular weight excluding hydrogens is 295 g/mol. The first-order chi connectivity index (χ1) is 11.3. The van der Waals surface area contributed by atoms with E-state index in [1.165, 1.54) is 22.3 Å². The van der Waals surface area contributed by atoms with E-state index >= 15 is 0 Å². The molecule has 1 atom stereocenters. The van der Waals surface area contributed by atoms with E-state index < -0.39 is 7.26 Å². The van der Waals surface area contributed by atoms with Gasteiger partial charge in [0.15, 0.2) is 0 Å². The van der Waals surface area contributed by atoms with Crippen LogP contribution in [-0.2, 0) is 0 Å². The van der Waals surface area contributed by atoms with Crippen LogP contribution in [0, 0.1) is 0 Å². The molecule has 0 aliphatic heterocycles.